The van der Waals surface area contributed by atoms with Crippen LogP contribution in [-0.2, 0) is 11.3 Å². The van der Waals surface area contributed by atoms with Gasteiger partial charge in [0.05, 0.1) is 0 Å². The molecule has 9 nitrogen and oxygen atoms in total. The molecule has 0 bridgehead atoms. The molecule has 0 aromatic carbocycles. The predicted octanol–water partition coefficient (Wildman–Crippen LogP) is 3.09. The van der Waals surface area contributed by atoms with Crippen LogP contribution >= 0.6 is 0 Å². The Bertz CT molecular complexity index is 1170. The minimum Gasteiger partial charge on any atom is -0.449 e. The number of hydrogen-bond donors (Lipinski definition) is 3. The van der Waals surface area contributed by atoms with Gasteiger partial charge in [-0.15, -0.1) is 0 Å². The van der Waals surface area contributed by atoms with E-state index in [0.717, 1.165) is 37.7 Å². The van der Waals surface area contributed by atoms with Crippen LogP contribution in [0.4, 0.5) is 0 Å². The zero-order valence-corrected chi connectivity index (χ0v) is 19.6. The zero-order valence-electron chi connectivity index (χ0n) is 19.6. The van der Waals surface area contributed by atoms with Gasteiger partial charge in [0.15, 0.2) is 11.5 Å². The van der Waals surface area contributed by atoms with Crippen molar-refractivity contribution in [3.05, 3.63) is 71.9 Å². The summed E-state index contributed by atoms with van der Waals surface area (Å²) in [6.07, 6.45) is 8.28. The number of pyridine rings is 2. The standard InChI is InChI=1S/C26H29N5O4/c1-27-26(34)23(18-7-3-2-4-8-18)31-25(33)22-11-10-21(35-22)20-15-17(12-14-29-20)16-30-24(32)19-9-5-6-13-28-19/h5-6,9-15,18,23H,2-4,7-8,16H2,1H3,(H,27,34)(H,30,32)(H,31,33). The third kappa shape index (κ3) is 6.11. The molecule has 1 unspecified atom stereocenters. The SMILES string of the molecule is CNC(=O)C(NC(=O)c1ccc(-c2cc(CNC(=O)c3ccccn3)ccn2)o1)C1CCCCC1. The largest absolute Gasteiger partial charge is 0.449 e. The molecule has 0 saturated heterocycles. The Morgan fingerprint density at radius 1 is 1.00 bits per heavy atom. The summed E-state index contributed by atoms with van der Waals surface area (Å²) < 4.78 is 5.78. The van der Waals surface area contributed by atoms with Gasteiger partial charge in [0.25, 0.3) is 11.8 Å². The molecule has 1 atom stereocenters. The second-order valence-corrected chi connectivity index (χ2v) is 8.57. The number of amides is 3. The molecule has 1 fully saturated rings. The van der Waals surface area contributed by atoms with E-state index >= 15 is 0 Å². The first-order chi connectivity index (χ1) is 17.0. The average Bonchev–Trinajstić information content (AvgIpc) is 3.42. The van der Waals surface area contributed by atoms with E-state index in [1.54, 1.807) is 61.9 Å². The minimum atomic E-state index is -0.592. The highest BCUT2D eigenvalue weighted by atomic mass is 16.4. The molecule has 3 heterocycles. The van der Waals surface area contributed by atoms with E-state index < -0.39 is 11.9 Å². The molecule has 3 aromatic rings. The van der Waals surface area contributed by atoms with Crippen molar-refractivity contribution in [2.45, 2.75) is 44.7 Å². The van der Waals surface area contributed by atoms with Crippen LogP contribution in [-0.4, -0.2) is 40.8 Å². The van der Waals surface area contributed by atoms with Crippen molar-refractivity contribution in [2.75, 3.05) is 7.05 Å². The van der Waals surface area contributed by atoms with Crippen LogP contribution in [0.2, 0.25) is 0 Å². The molecule has 3 amide bonds. The third-order valence-electron chi connectivity index (χ3n) is 6.19. The lowest BCUT2D eigenvalue weighted by atomic mass is 9.83. The summed E-state index contributed by atoms with van der Waals surface area (Å²) in [7, 11) is 1.58. The topological polar surface area (TPSA) is 126 Å². The first kappa shape index (κ1) is 24.1. The van der Waals surface area contributed by atoms with E-state index in [-0.39, 0.29) is 30.0 Å². The summed E-state index contributed by atoms with van der Waals surface area (Å²) in [5.74, 6) is -0.262. The van der Waals surface area contributed by atoms with Crippen molar-refractivity contribution in [2.24, 2.45) is 5.92 Å². The van der Waals surface area contributed by atoms with E-state index in [9.17, 15) is 14.4 Å². The molecule has 4 rings (SSSR count). The molecular formula is C26H29N5O4. The van der Waals surface area contributed by atoms with Gasteiger partial charge in [-0.1, -0.05) is 25.3 Å². The monoisotopic (exact) mass is 475 g/mol. The number of carbonyl (C=O) groups is 3. The van der Waals surface area contributed by atoms with Crippen LogP contribution in [0.25, 0.3) is 11.5 Å². The van der Waals surface area contributed by atoms with E-state index in [1.165, 1.54) is 0 Å². The Kier molecular flexibility index (Phi) is 7.87. The van der Waals surface area contributed by atoms with Gasteiger partial charge in [-0.2, -0.15) is 0 Å². The van der Waals surface area contributed by atoms with Gasteiger partial charge in [-0.05, 0) is 60.7 Å². The molecule has 182 valence electrons. The number of furan rings is 1. The number of likely N-dealkylation sites (N-methyl/N-ethyl adjacent to an activating group) is 1. The fourth-order valence-electron chi connectivity index (χ4n) is 4.32. The Morgan fingerprint density at radius 2 is 1.83 bits per heavy atom. The maximum Gasteiger partial charge on any atom is 0.287 e. The van der Waals surface area contributed by atoms with Crippen molar-refractivity contribution in [1.29, 1.82) is 0 Å². The summed E-state index contributed by atoms with van der Waals surface area (Å²) in [6.45, 7) is 0.286. The molecule has 35 heavy (non-hydrogen) atoms. The van der Waals surface area contributed by atoms with Crippen LogP contribution in [0.3, 0.4) is 0 Å². The van der Waals surface area contributed by atoms with E-state index in [1.807, 2.05) is 0 Å². The average molecular weight is 476 g/mol. The Morgan fingerprint density at radius 3 is 2.57 bits per heavy atom. The molecular weight excluding hydrogens is 446 g/mol. The molecule has 1 aliphatic carbocycles. The van der Waals surface area contributed by atoms with Gasteiger partial charge in [0.1, 0.15) is 17.4 Å². The summed E-state index contributed by atoms with van der Waals surface area (Å²) in [5.41, 5.74) is 1.69. The lowest BCUT2D eigenvalue weighted by molar-refractivity contribution is -0.124. The molecule has 3 N–H and O–H groups in total. The minimum absolute atomic E-state index is 0.111. The van der Waals surface area contributed by atoms with Crippen LogP contribution in [0.5, 0.6) is 0 Å². The van der Waals surface area contributed by atoms with Gasteiger partial charge < -0.3 is 20.4 Å². The maximum absolute atomic E-state index is 12.9. The third-order valence-corrected chi connectivity index (χ3v) is 6.19. The second kappa shape index (κ2) is 11.4. The number of nitrogens with one attached hydrogen (secondary N) is 3. The molecule has 0 radical (unpaired) electrons. The molecule has 1 aliphatic rings. The highest BCUT2D eigenvalue weighted by Gasteiger charge is 2.31. The summed E-state index contributed by atoms with van der Waals surface area (Å²) in [5, 5.41) is 8.34. The molecule has 3 aromatic heterocycles. The summed E-state index contributed by atoms with van der Waals surface area (Å²) in [4.78, 5) is 45.9. The van der Waals surface area contributed by atoms with Gasteiger partial charge in [0, 0.05) is 26.0 Å². The van der Waals surface area contributed by atoms with Crippen molar-refractivity contribution in [3.63, 3.8) is 0 Å². The van der Waals surface area contributed by atoms with Crippen molar-refractivity contribution in [3.8, 4) is 11.5 Å². The maximum atomic E-state index is 12.9. The Balaban J connectivity index is 1.41. The highest BCUT2D eigenvalue weighted by molar-refractivity contribution is 5.96. The Hall–Kier alpha value is -4.01. The predicted molar refractivity (Wildman–Crippen MR) is 129 cm³/mol. The van der Waals surface area contributed by atoms with Crippen molar-refractivity contribution < 1.29 is 18.8 Å². The van der Waals surface area contributed by atoms with Crippen LogP contribution in [0.15, 0.2) is 59.3 Å². The van der Waals surface area contributed by atoms with Gasteiger partial charge in [-0.25, -0.2) is 0 Å². The number of carbonyl (C=O) groups excluding carboxylic acids is 3. The highest BCUT2D eigenvalue weighted by Crippen LogP contribution is 2.27. The van der Waals surface area contributed by atoms with Crippen LogP contribution in [0.1, 0.15) is 58.7 Å². The molecule has 9 heteroatoms. The number of rotatable bonds is 8. The molecule has 0 spiro atoms. The number of aromatic nitrogens is 2. The van der Waals surface area contributed by atoms with Crippen molar-refractivity contribution in [1.82, 2.24) is 25.9 Å². The second-order valence-electron chi connectivity index (χ2n) is 8.57. The quantitative estimate of drug-likeness (QED) is 0.460. The summed E-state index contributed by atoms with van der Waals surface area (Å²) in [6, 6.07) is 11.4. The van der Waals surface area contributed by atoms with Gasteiger partial charge >= 0.3 is 0 Å². The fourth-order valence-corrected chi connectivity index (χ4v) is 4.32. The fraction of sp³-hybridized carbons (Fsp3) is 0.346. The number of hydrogen-bond acceptors (Lipinski definition) is 6. The summed E-state index contributed by atoms with van der Waals surface area (Å²) >= 11 is 0. The first-order valence-electron chi connectivity index (χ1n) is 11.8. The lowest BCUT2D eigenvalue weighted by Crippen LogP contribution is -2.50. The lowest BCUT2D eigenvalue weighted by Gasteiger charge is -2.29. The van der Waals surface area contributed by atoms with Gasteiger partial charge in [-0.3, -0.25) is 24.4 Å². The molecule has 0 aliphatic heterocycles. The Labute approximate surface area is 203 Å². The first-order valence-corrected chi connectivity index (χ1v) is 11.8. The van der Waals surface area contributed by atoms with Crippen molar-refractivity contribution >= 4 is 17.7 Å². The van der Waals surface area contributed by atoms with E-state index in [2.05, 4.69) is 25.9 Å². The normalized spacial score (nSPS) is 14.7. The zero-order chi connectivity index (χ0) is 24.6. The van der Waals surface area contributed by atoms with E-state index in [0.29, 0.717) is 17.1 Å². The molecule has 1 saturated carbocycles. The van der Waals surface area contributed by atoms with Crippen LogP contribution < -0.4 is 16.0 Å². The smallest absolute Gasteiger partial charge is 0.287 e. The van der Waals surface area contributed by atoms with Crippen LogP contribution in [0, 0.1) is 5.92 Å². The van der Waals surface area contributed by atoms with Gasteiger partial charge in [0.2, 0.25) is 5.91 Å². The number of nitrogens with zero attached hydrogens (tertiary/aromatic N) is 2. The van der Waals surface area contributed by atoms with E-state index in [4.69, 9.17) is 4.42 Å².